The predicted octanol–water partition coefficient (Wildman–Crippen LogP) is 1.30. The van der Waals surface area contributed by atoms with Gasteiger partial charge in [-0.2, -0.15) is 0 Å². The first-order valence-corrected chi connectivity index (χ1v) is 8.36. The second kappa shape index (κ2) is 8.29. The Morgan fingerprint density at radius 2 is 1.00 bits per heavy atom. The molecule has 3 aliphatic heterocycles. The number of nitrogens with one attached hydrogen (secondary N) is 2. The Morgan fingerprint density at radius 1 is 0.650 bits per heavy atom. The summed E-state index contributed by atoms with van der Waals surface area (Å²) < 4.78 is 0. The van der Waals surface area contributed by atoms with Crippen molar-refractivity contribution in [3.8, 4) is 0 Å². The topological polar surface area (TPSA) is 30.5 Å². The van der Waals surface area contributed by atoms with Crippen molar-refractivity contribution >= 4 is 51.5 Å². The largest absolute Gasteiger partial charge is 0.350 e. The van der Waals surface area contributed by atoms with Crippen LogP contribution in [0.15, 0.2) is 0 Å². The molecule has 4 nitrogen and oxygen atoms in total. The Morgan fingerprint density at radius 3 is 1.35 bits per heavy atom. The SMILES string of the molecule is S=C1CCN2CCC(=S)CCN(CC1)CNC(=S)NC2. The van der Waals surface area contributed by atoms with Gasteiger partial charge in [-0.15, -0.1) is 0 Å². The Hall–Kier alpha value is -0.210. The molecule has 0 aromatic heterocycles. The Kier molecular flexibility index (Phi) is 6.70. The standard InChI is InChI=1S/C13H22N4S3/c18-11-1-5-16-7-3-12(19)4-8-17(6-2-11)10-15-13(20)14-9-16/h1-10H2,(H2,14,15,20). The molecule has 3 saturated heterocycles. The Bertz CT molecular complexity index is 299. The lowest BCUT2D eigenvalue weighted by molar-refractivity contribution is 0.261. The number of rotatable bonds is 0. The minimum absolute atomic E-state index is 0.728. The van der Waals surface area contributed by atoms with Gasteiger partial charge in [-0.3, -0.25) is 9.80 Å². The molecule has 0 amide bonds. The third-order valence-electron chi connectivity index (χ3n) is 3.75. The summed E-state index contributed by atoms with van der Waals surface area (Å²) in [5.41, 5.74) is 0. The number of hydrogen-bond acceptors (Lipinski definition) is 5. The lowest BCUT2D eigenvalue weighted by Crippen LogP contribution is -2.48. The molecule has 2 bridgehead atoms. The second-order valence-electron chi connectivity index (χ2n) is 5.31. The van der Waals surface area contributed by atoms with Crippen molar-refractivity contribution in [2.75, 3.05) is 39.5 Å². The summed E-state index contributed by atoms with van der Waals surface area (Å²) in [6, 6.07) is 0. The third kappa shape index (κ3) is 5.65. The lowest BCUT2D eigenvalue weighted by atomic mass is 10.1. The highest BCUT2D eigenvalue weighted by atomic mass is 32.1. The van der Waals surface area contributed by atoms with Crippen molar-refractivity contribution in [3.05, 3.63) is 0 Å². The van der Waals surface area contributed by atoms with Crippen molar-refractivity contribution in [1.82, 2.24) is 20.4 Å². The first-order valence-electron chi connectivity index (χ1n) is 7.13. The Labute approximate surface area is 137 Å². The summed E-state index contributed by atoms with van der Waals surface area (Å²) in [4.78, 5) is 7.05. The predicted molar refractivity (Wildman–Crippen MR) is 95.4 cm³/mol. The van der Waals surface area contributed by atoms with E-state index in [4.69, 9.17) is 36.7 Å². The number of fused-ring (bicyclic) bond motifs is 12. The molecule has 0 spiro atoms. The van der Waals surface area contributed by atoms with E-state index >= 15 is 0 Å². The molecule has 2 N–H and O–H groups in total. The molecular formula is C13H22N4S3. The van der Waals surface area contributed by atoms with Crippen LogP contribution in [0.5, 0.6) is 0 Å². The minimum atomic E-state index is 0.728. The van der Waals surface area contributed by atoms with Crippen LogP contribution in [0.3, 0.4) is 0 Å². The zero-order chi connectivity index (χ0) is 14.4. The molecule has 3 heterocycles. The van der Waals surface area contributed by atoms with E-state index in [1.54, 1.807) is 0 Å². The van der Waals surface area contributed by atoms with Gasteiger partial charge in [0.2, 0.25) is 0 Å². The minimum Gasteiger partial charge on any atom is -0.350 e. The van der Waals surface area contributed by atoms with E-state index in [0.717, 1.165) is 70.3 Å². The average Bonchev–Trinajstić information content (AvgIpc) is 2.42. The lowest BCUT2D eigenvalue weighted by Gasteiger charge is -2.29. The number of thiocarbonyl (C=S) groups is 3. The molecule has 3 rings (SSSR count). The van der Waals surface area contributed by atoms with E-state index in [9.17, 15) is 0 Å². The zero-order valence-corrected chi connectivity index (χ0v) is 14.1. The summed E-state index contributed by atoms with van der Waals surface area (Å²) in [5.74, 6) is 0. The fraction of sp³-hybridized carbons (Fsp3) is 0.769. The van der Waals surface area contributed by atoms with Crippen LogP contribution in [0.4, 0.5) is 0 Å². The van der Waals surface area contributed by atoms with Crippen molar-refractivity contribution in [1.29, 1.82) is 0 Å². The van der Waals surface area contributed by atoms with Crippen LogP contribution in [-0.4, -0.2) is 64.2 Å². The molecule has 7 heteroatoms. The molecule has 0 aromatic carbocycles. The zero-order valence-electron chi connectivity index (χ0n) is 11.7. The van der Waals surface area contributed by atoms with Gasteiger partial charge in [0.15, 0.2) is 5.11 Å². The highest BCUT2D eigenvalue weighted by molar-refractivity contribution is 7.80. The van der Waals surface area contributed by atoms with Crippen molar-refractivity contribution in [2.45, 2.75) is 25.7 Å². The Balaban J connectivity index is 2.11. The van der Waals surface area contributed by atoms with E-state index in [-0.39, 0.29) is 0 Å². The van der Waals surface area contributed by atoms with Gasteiger partial charge >= 0.3 is 0 Å². The first kappa shape index (κ1) is 16.2. The first-order chi connectivity index (χ1) is 9.63. The summed E-state index contributed by atoms with van der Waals surface area (Å²) in [6.07, 6.45) is 3.94. The average molecular weight is 331 g/mol. The third-order valence-corrected chi connectivity index (χ3v) is 4.86. The van der Waals surface area contributed by atoms with Gasteiger partial charge in [0, 0.05) is 26.2 Å². The number of hydrogen-bond donors (Lipinski definition) is 2. The molecular weight excluding hydrogens is 308 g/mol. The molecule has 3 fully saturated rings. The normalized spacial score (nSPS) is 30.1. The van der Waals surface area contributed by atoms with Crippen LogP contribution in [0.25, 0.3) is 0 Å². The van der Waals surface area contributed by atoms with Gasteiger partial charge in [0.1, 0.15) is 0 Å². The molecule has 112 valence electrons. The molecule has 0 aliphatic carbocycles. The van der Waals surface area contributed by atoms with E-state index in [2.05, 4.69) is 20.4 Å². The molecule has 0 radical (unpaired) electrons. The maximum Gasteiger partial charge on any atom is 0.168 e. The van der Waals surface area contributed by atoms with Gasteiger partial charge < -0.3 is 10.6 Å². The van der Waals surface area contributed by atoms with Crippen LogP contribution in [0, 0.1) is 0 Å². The maximum atomic E-state index is 5.49. The molecule has 0 saturated carbocycles. The summed E-state index contributed by atoms with van der Waals surface area (Å²) in [7, 11) is 0. The molecule has 20 heavy (non-hydrogen) atoms. The van der Waals surface area contributed by atoms with Crippen molar-refractivity contribution in [2.24, 2.45) is 0 Å². The molecule has 0 unspecified atom stereocenters. The summed E-state index contributed by atoms with van der Waals surface area (Å²) in [6.45, 7) is 5.45. The van der Waals surface area contributed by atoms with E-state index in [0.29, 0.717) is 0 Å². The monoisotopic (exact) mass is 330 g/mol. The fourth-order valence-electron chi connectivity index (χ4n) is 2.35. The fourth-order valence-corrected chi connectivity index (χ4v) is 2.85. The van der Waals surface area contributed by atoms with E-state index in [1.807, 2.05) is 0 Å². The van der Waals surface area contributed by atoms with Gasteiger partial charge in [-0.05, 0) is 47.6 Å². The van der Waals surface area contributed by atoms with Gasteiger partial charge in [-0.25, -0.2) is 0 Å². The van der Waals surface area contributed by atoms with Crippen LogP contribution < -0.4 is 10.6 Å². The molecule has 3 aliphatic rings. The highest BCUT2D eigenvalue weighted by Gasteiger charge is 2.15. The smallest absolute Gasteiger partial charge is 0.168 e. The van der Waals surface area contributed by atoms with Crippen LogP contribution in [-0.2, 0) is 0 Å². The van der Waals surface area contributed by atoms with Crippen LogP contribution >= 0.6 is 36.7 Å². The maximum absolute atomic E-state index is 5.49. The van der Waals surface area contributed by atoms with Crippen LogP contribution in [0.1, 0.15) is 25.7 Å². The highest BCUT2D eigenvalue weighted by Crippen LogP contribution is 2.06. The summed E-state index contributed by atoms with van der Waals surface area (Å²) in [5, 5.41) is 7.26. The second-order valence-corrected chi connectivity index (χ2v) is 6.88. The van der Waals surface area contributed by atoms with Crippen molar-refractivity contribution in [3.63, 3.8) is 0 Å². The molecule has 0 aromatic rings. The van der Waals surface area contributed by atoms with E-state index < -0.39 is 0 Å². The van der Waals surface area contributed by atoms with Gasteiger partial charge in [-0.1, -0.05) is 24.4 Å². The quantitative estimate of drug-likeness (QED) is 0.647. The number of nitrogens with zero attached hydrogens (tertiary/aromatic N) is 2. The summed E-state index contributed by atoms with van der Waals surface area (Å²) >= 11 is 16.3. The van der Waals surface area contributed by atoms with Gasteiger partial charge in [0.25, 0.3) is 0 Å². The molecule has 0 atom stereocenters. The van der Waals surface area contributed by atoms with Crippen LogP contribution in [0.2, 0.25) is 0 Å². The van der Waals surface area contributed by atoms with Crippen molar-refractivity contribution < 1.29 is 0 Å². The van der Waals surface area contributed by atoms with E-state index in [1.165, 1.54) is 9.73 Å². The van der Waals surface area contributed by atoms with Gasteiger partial charge in [0.05, 0.1) is 13.3 Å².